The van der Waals surface area contributed by atoms with Gasteiger partial charge in [-0.1, -0.05) is 0 Å². The average Bonchev–Trinajstić information content (AvgIpc) is 3.01. The molecule has 0 amide bonds. The molecular weight excluding hydrogens is 274 g/mol. The third-order valence-corrected chi connectivity index (χ3v) is 3.99. The molecule has 0 atom stereocenters. The quantitative estimate of drug-likeness (QED) is 0.702. The Kier molecular flexibility index (Phi) is 2.89. The van der Waals surface area contributed by atoms with Crippen molar-refractivity contribution in [3.05, 3.63) is 46.9 Å². The van der Waals surface area contributed by atoms with Crippen molar-refractivity contribution >= 4 is 22.7 Å². The molecule has 0 spiro atoms. The predicted octanol–water partition coefficient (Wildman–Crippen LogP) is 4.21. The minimum absolute atomic E-state index is 0.302. The van der Waals surface area contributed by atoms with Crippen molar-refractivity contribution < 1.29 is 8.78 Å². The van der Waals surface area contributed by atoms with E-state index in [4.69, 9.17) is 0 Å². The number of rotatable bonds is 2. The molecule has 18 heavy (non-hydrogen) atoms. The molecule has 3 aromatic rings. The van der Waals surface area contributed by atoms with Gasteiger partial charge in [-0.05, 0) is 6.07 Å². The summed E-state index contributed by atoms with van der Waals surface area (Å²) < 4.78 is 27.5. The van der Waals surface area contributed by atoms with E-state index in [0.717, 1.165) is 6.07 Å². The molecular formula is C12H6F2N2S2. The van der Waals surface area contributed by atoms with Crippen LogP contribution in [0.25, 0.3) is 21.1 Å². The first-order valence-electron chi connectivity index (χ1n) is 5.04. The topological polar surface area (TPSA) is 25.8 Å². The molecule has 0 fully saturated rings. The standard InChI is InChI=1S/C12H6F2N2S2/c13-9-6-10(14)8(12-16-2-4-18-12)5-7(9)11-15-1-3-17-11/h1-6H. The molecule has 0 aliphatic rings. The van der Waals surface area contributed by atoms with Gasteiger partial charge in [-0.15, -0.1) is 22.7 Å². The molecule has 3 rings (SSSR count). The summed E-state index contributed by atoms with van der Waals surface area (Å²) in [4.78, 5) is 8.08. The summed E-state index contributed by atoms with van der Waals surface area (Å²) in [6.07, 6.45) is 3.18. The van der Waals surface area contributed by atoms with E-state index in [1.54, 1.807) is 23.2 Å². The first-order valence-corrected chi connectivity index (χ1v) is 6.80. The highest BCUT2D eigenvalue weighted by atomic mass is 32.1. The lowest BCUT2D eigenvalue weighted by molar-refractivity contribution is 0.588. The Labute approximate surface area is 110 Å². The van der Waals surface area contributed by atoms with Gasteiger partial charge in [0.2, 0.25) is 0 Å². The van der Waals surface area contributed by atoms with Gasteiger partial charge in [-0.2, -0.15) is 0 Å². The summed E-state index contributed by atoms with van der Waals surface area (Å²) in [5.41, 5.74) is 0.605. The zero-order valence-electron chi connectivity index (χ0n) is 8.93. The summed E-state index contributed by atoms with van der Waals surface area (Å²) in [6.45, 7) is 0. The fourth-order valence-corrected chi connectivity index (χ4v) is 2.90. The Morgan fingerprint density at radius 3 is 1.67 bits per heavy atom. The van der Waals surface area contributed by atoms with Gasteiger partial charge in [0.05, 0.1) is 0 Å². The molecule has 2 aromatic heterocycles. The minimum atomic E-state index is -0.609. The highest BCUT2D eigenvalue weighted by Gasteiger charge is 2.15. The van der Waals surface area contributed by atoms with Crippen LogP contribution < -0.4 is 0 Å². The van der Waals surface area contributed by atoms with E-state index in [0.29, 0.717) is 21.1 Å². The summed E-state index contributed by atoms with van der Waals surface area (Å²) in [5.74, 6) is -1.22. The highest BCUT2D eigenvalue weighted by Crippen LogP contribution is 2.32. The minimum Gasteiger partial charge on any atom is -0.244 e. The number of hydrogen-bond donors (Lipinski definition) is 0. The van der Waals surface area contributed by atoms with Gasteiger partial charge in [-0.3, -0.25) is 0 Å². The van der Waals surface area contributed by atoms with Gasteiger partial charge in [0.25, 0.3) is 0 Å². The van der Waals surface area contributed by atoms with Gasteiger partial charge in [-0.25, -0.2) is 18.7 Å². The van der Waals surface area contributed by atoms with Gasteiger partial charge in [0, 0.05) is 40.3 Å². The molecule has 2 heterocycles. The second-order valence-corrected chi connectivity index (χ2v) is 5.28. The number of hydrogen-bond acceptors (Lipinski definition) is 4. The van der Waals surface area contributed by atoms with Crippen molar-refractivity contribution in [2.75, 3.05) is 0 Å². The van der Waals surface area contributed by atoms with Crippen molar-refractivity contribution in [2.24, 2.45) is 0 Å². The molecule has 6 heteroatoms. The molecule has 0 bridgehead atoms. The second-order valence-electron chi connectivity index (χ2n) is 3.49. The van der Waals surface area contributed by atoms with Crippen LogP contribution in [0.1, 0.15) is 0 Å². The summed E-state index contributed by atoms with van der Waals surface area (Å²) >= 11 is 2.62. The van der Waals surface area contributed by atoms with Crippen molar-refractivity contribution in [1.29, 1.82) is 0 Å². The van der Waals surface area contributed by atoms with Gasteiger partial charge >= 0.3 is 0 Å². The molecule has 2 nitrogen and oxygen atoms in total. The maximum Gasteiger partial charge on any atom is 0.136 e. The van der Waals surface area contributed by atoms with Crippen molar-refractivity contribution in [1.82, 2.24) is 9.97 Å². The summed E-state index contributed by atoms with van der Waals surface area (Å²) in [7, 11) is 0. The predicted molar refractivity (Wildman–Crippen MR) is 68.6 cm³/mol. The van der Waals surface area contributed by atoms with Gasteiger partial charge in [0.1, 0.15) is 21.6 Å². The molecule has 0 radical (unpaired) electrons. The third kappa shape index (κ3) is 1.93. The van der Waals surface area contributed by atoms with Crippen LogP contribution >= 0.6 is 22.7 Å². The lowest BCUT2D eigenvalue weighted by atomic mass is 10.1. The Morgan fingerprint density at radius 1 is 0.778 bits per heavy atom. The summed E-state index contributed by atoms with van der Waals surface area (Å²) in [5, 5.41) is 4.57. The fourth-order valence-electron chi connectivity index (χ4n) is 1.59. The molecule has 0 aliphatic carbocycles. The van der Waals surface area contributed by atoms with E-state index >= 15 is 0 Å². The largest absolute Gasteiger partial charge is 0.244 e. The molecule has 0 N–H and O–H groups in total. The number of halogens is 2. The molecule has 90 valence electrons. The highest BCUT2D eigenvalue weighted by molar-refractivity contribution is 7.13. The maximum absolute atomic E-state index is 13.7. The van der Waals surface area contributed by atoms with E-state index in [2.05, 4.69) is 9.97 Å². The molecule has 0 saturated carbocycles. The van der Waals surface area contributed by atoms with E-state index < -0.39 is 11.6 Å². The number of aromatic nitrogens is 2. The van der Waals surface area contributed by atoms with E-state index in [9.17, 15) is 8.78 Å². The van der Waals surface area contributed by atoms with Crippen molar-refractivity contribution in [2.45, 2.75) is 0 Å². The molecule has 0 saturated heterocycles. The monoisotopic (exact) mass is 280 g/mol. The Hall–Kier alpha value is -1.66. The number of benzene rings is 1. The lowest BCUT2D eigenvalue weighted by Gasteiger charge is -2.04. The van der Waals surface area contributed by atoms with Gasteiger partial charge in [0.15, 0.2) is 0 Å². The first kappa shape index (κ1) is 11.4. The van der Waals surface area contributed by atoms with Crippen LogP contribution in [0.2, 0.25) is 0 Å². The fraction of sp³-hybridized carbons (Fsp3) is 0. The molecule has 1 aromatic carbocycles. The number of nitrogens with zero attached hydrogens (tertiary/aromatic N) is 2. The van der Waals surface area contributed by atoms with Crippen LogP contribution in [0.5, 0.6) is 0 Å². The number of thiazole rings is 2. The van der Waals surface area contributed by atoms with Gasteiger partial charge < -0.3 is 0 Å². The third-order valence-electron chi connectivity index (χ3n) is 2.38. The Morgan fingerprint density at radius 2 is 1.28 bits per heavy atom. The van der Waals surface area contributed by atoms with Crippen LogP contribution in [0, 0.1) is 11.6 Å². The first-order chi connectivity index (χ1) is 8.75. The van der Waals surface area contributed by atoms with Crippen LogP contribution in [-0.2, 0) is 0 Å². The van der Waals surface area contributed by atoms with E-state index in [1.165, 1.54) is 28.7 Å². The van der Waals surface area contributed by atoms with Crippen LogP contribution in [0.15, 0.2) is 35.3 Å². The Bertz CT molecular complexity index is 608. The normalized spacial score (nSPS) is 10.8. The van der Waals surface area contributed by atoms with Crippen LogP contribution in [-0.4, -0.2) is 9.97 Å². The zero-order chi connectivity index (χ0) is 12.5. The molecule has 0 unspecified atom stereocenters. The SMILES string of the molecule is Fc1cc(F)c(-c2nccs2)cc1-c1nccs1. The summed E-state index contributed by atoms with van der Waals surface area (Å²) in [6, 6.07) is 2.34. The van der Waals surface area contributed by atoms with Crippen LogP contribution in [0.3, 0.4) is 0 Å². The van der Waals surface area contributed by atoms with E-state index in [1.807, 2.05) is 0 Å². The smallest absolute Gasteiger partial charge is 0.136 e. The van der Waals surface area contributed by atoms with Crippen molar-refractivity contribution in [3.8, 4) is 21.1 Å². The second kappa shape index (κ2) is 4.55. The zero-order valence-corrected chi connectivity index (χ0v) is 10.6. The average molecular weight is 280 g/mol. The lowest BCUT2D eigenvalue weighted by Crippen LogP contribution is -1.90. The van der Waals surface area contributed by atoms with Crippen molar-refractivity contribution in [3.63, 3.8) is 0 Å². The van der Waals surface area contributed by atoms with E-state index in [-0.39, 0.29) is 0 Å². The Balaban J connectivity index is 2.20. The maximum atomic E-state index is 13.7. The molecule has 0 aliphatic heterocycles. The van der Waals surface area contributed by atoms with Crippen LogP contribution in [0.4, 0.5) is 8.78 Å².